The Kier molecular flexibility index (Phi) is 5.70. The molecule has 70 valence electrons. The van der Waals surface area contributed by atoms with Crippen LogP contribution in [0.3, 0.4) is 0 Å². The summed E-state index contributed by atoms with van der Waals surface area (Å²) in [6.07, 6.45) is 7.06. The zero-order valence-electron chi connectivity index (χ0n) is 7.28. The Bertz CT molecular complexity index is 211. The van der Waals surface area contributed by atoms with E-state index < -0.39 is 0 Å². The molecule has 0 aliphatic rings. The fourth-order valence-electron chi connectivity index (χ4n) is 0.979. The van der Waals surface area contributed by atoms with E-state index >= 15 is 0 Å². The third-order valence-corrected chi connectivity index (χ3v) is 1.59. The standard InChI is InChI=1S/C7H15N4.BrH/c1-2-3-4-5-11-7-10(8)6-9-11;/h6-7H,2-5,8H2,1H3;1H/q+1;/p-1. The molecular weight excluding hydrogens is 220 g/mol. The molecule has 0 aliphatic heterocycles. The Morgan fingerprint density at radius 1 is 1.50 bits per heavy atom. The largest absolute Gasteiger partial charge is 1.00 e. The number of halogens is 1. The van der Waals surface area contributed by atoms with Gasteiger partial charge >= 0.3 is 0 Å². The lowest BCUT2D eigenvalue weighted by molar-refractivity contribution is -0.639. The van der Waals surface area contributed by atoms with Gasteiger partial charge in [-0.05, 0) is 6.42 Å². The highest BCUT2D eigenvalue weighted by Crippen LogP contribution is 1.95. The van der Waals surface area contributed by atoms with Gasteiger partial charge in [0.05, 0.1) is 0 Å². The van der Waals surface area contributed by atoms with Crippen LogP contribution in [0.2, 0.25) is 0 Å². The van der Waals surface area contributed by atoms with Crippen LogP contribution in [0.1, 0.15) is 26.2 Å². The van der Waals surface area contributed by atoms with Gasteiger partial charge in [0.25, 0.3) is 6.33 Å². The molecule has 1 aromatic rings. The average Bonchev–Trinajstić information content (AvgIpc) is 2.37. The minimum absolute atomic E-state index is 0. The minimum atomic E-state index is 0. The lowest BCUT2D eigenvalue weighted by Gasteiger charge is -1.90. The van der Waals surface area contributed by atoms with E-state index in [-0.39, 0.29) is 17.0 Å². The molecule has 0 radical (unpaired) electrons. The van der Waals surface area contributed by atoms with Crippen LogP contribution in [0.4, 0.5) is 0 Å². The number of aryl methyl sites for hydroxylation is 1. The molecule has 0 spiro atoms. The second-order valence-corrected chi connectivity index (χ2v) is 2.66. The quantitative estimate of drug-likeness (QED) is 0.345. The van der Waals surface area contributed by atoms with Gasteiger partial charge in [-0.3, -0.25) is 5.84 Å². The van der Waals surface area contributed by atoms with Gasteiger partial charge < -0.3 is 17.0 Å². The monoisotopic (exact) mass is 234 g/mol. The van der Waals surface area contributed by atoms with Crippen LogP contribution in [-0.2, 0) is 6.54 Å². The third kappa shape index (κ3) is 3.71. The van der Waals surface area contributed by atoms with Gasteiger partial charge in [0.1, 0.15) is 6.54 Å². The van der Waals surface area contributed by atoms with E-state index in [1.165, 1.54) is 23.9 Å². The maximum Gasteiger partial charge on any atom is 0.286 e. The summed E-state index contributed by atoms with van der Waals surface area (Å²) < 4.78 is 3.32. The number of nitrogen functional groups attached to an aromatic ring is 1. The SMILES string of the molecule is CCCCCn1c[n+](N)cn1.[Br-]. The van der Waals surface area contributed by atoms with Gasteiger partial charge in [0, 0.05) is 5.10 Å². The topological polar surface area (TPSA) is 47.7 Å². The number of nitrogens with two attached hydrogens (primary N) is 1. The highest BCUT2D eigenvalue weighted by molar-refractivity contribution is 4.46. The van der Waals surface area contributed by atoms with Crippen molar-refractivity contribution >= 4 is 0 Å². The predicted octanol–water partition coefficient (Wildman–Crippen LogP) is -2.92. The summed E-state index contributed by atoms with van der Waals surface area (Å²) in [7, 11) is 0. The van der Waals surface area contributed by atoms with Gasteiger partial charge in [-0.1, -0.05) is 19.8 Å². The van der Waals surface area contributed by atoms with Crippen molar-refractivity contribution in [1.29, 1.82) is 0 Å². The predicted molar refractivity (Wildman–Crippen MR) is 42.1 cm³/mol. The average molecular weight is 235 g/mol. The zero-order chi connectivity index (χ0) is 8.10. The second kappa shape index (κ2) is 5.99. The highest BCUT2D eigenvalue weighted by atomic mass is 79.9. The van der Waals surface area contributed by atoms with Crippen molar-refractivity contribution in [2.45, 2.75) is 32.7 Å². The Labute approximate surface area is 83.1 Å². The molecule has 4 nitrogen and oxygen atoms in total. The van der Waals surface area contributed by atoms with Gasteiger partial charge in [-0.2, -0.15) is 0 Å². The van der Waals surface area contributed by atoms with Crippen LogP contribution in [0.5, 0.6) is 0 Å². The van der Waals surface area contributed by atoms with E-state index in [1.54, 1.807) is 12.7 Å². The molecular formula is C7H15BrN4. The molecule has 2 N–H and O–H groups in total. The van der Waals surface area contributed by atoms with E-state index in [0.717, 1.165) is 6.54 Å². The van der Waals surface area contributed by atoms with Crippen molar-refractivity contribution in [2.75, 3.05) is 5.84 Å². The fraction of sp³-hybridized carbons (Fsp3) is 0.714. The smallest absolute Gasteiger partial charge is 0.286 e. The number of hydrogen-bond donors (Lipinski definition) is 1. The summed E-state index contributed by atoms with van der Waals surface area (Å²) >= 11 is 0. The third-order valence-electron chi connectivity index (χ3n) is 1.59. The molecule has 0 amide bonds. The first-order valence-electron chi connectivity index (χ1n) is 4.01. The van der Waals surface area contributed by atoms with Crippen LogP contribution in [0.25, 0.3) is 0 Å². The lowest BCUT2D eigenvalue weighted by atomic mass is 10.2. The Morgan fingerprint density at radius 2 is 2.25 bits per heavy atom. The summed E-state index contributed by atoms with van der Waals surface area (Å²) in [6.45, 7) is 3.16. The zero-order valence-corrected chi connectivity index (χ0v) is 8.87. The van der Waals surface area contributed by atoms with Crippen molar-refractivity contribution in [3.05, 3.63) is 12.7 Å². The van der Waals surface area contributed by atoms with Crippen molar-refractivity contribution in [2.24, 2.45) is 0 Å². The molecule has 0 unspecified atom stereocenters. The molecule has 5 heteroatoms. The van der Waals surface area contributed by atoms with Gasteiger partial charge in [0.2, 0.25) is 6.33 Å². The first-order valence-corrected chi connectivity index (χ1v) is 4.01. The molecule has 0 saturated carbocycles. The number of unbranched alkanes of at least 4 members (excludes halogenated alkanes) is 2. The van der Waals surface area contributed by atoms with Crippen LogP contribution in [0, 0.1) is 0 Å². The van der Waals surface area contributed by atoms with Gasteiger partial charge in [-0.25, -0.2) is 0 Å². The molecule has 0 aliphatic carbocycles. The van der Waals surface area contributed by atoms with Crippen molar-refractivity contribution in [3.8, 4) is 0 Å². The second-order valence-electron chi connectivity index (χ2n) is 2.66. The lowest BCUT2D eigenvalue weighted by Crippen LogP contribution is -3.00. The number of rotatable bonds is 4. The summed E-state index contributed by atoms with van der Waals surface area (Å²) in [4.78, 5) is 0. The van der Waals surface area contributed by atoms with E-state index in [2.05, 4.69) is 12.0 Å². The van der Waals surface area contributed by atoms with Crippen LogP contribution >= 0.6 is 0 Å². The molecule has 0 bridgehead atoms. The molecule has 0 fully saturated rings. The fourth-order valence-corrected chi connectivity index (χ4v) is 0.979. The molecule has 0 saturated heterocycles. The molecule has 0 aromatic carbocycles. The first kappa shape index (κ1) is 11.4. The van der Waals surface area contributed by atoms with E-state index in [1.807, 2.05) is 4.68 Å². The number of nitrogens with zero attached hydrogens (tertiary/aromatic N) is 3. The van der Waals surface area contributed by atoms with E-state index in [0.29, 0.717) is 0 Å². The minimum Gasteiger partial charge on any atom is -1.00 e. The molecule has 1 aromatic heterocycles. The van der Waals surface area contributed by atoms with Gasteiger partial charge in [0.15, 0.2) is 0 Å². The van der Waals surface area contributed by atoms with Crippen LogP contribution in [-0.4, -0.2) is 9.78 Å². The molecule has 1 heterocycles. The van der Waals surface area contributed by atoms with Crippen LogP contribution in [0.15, 0.2) is 12.7 Å². The van der Waals surface area contributed by atoms with Gasteiger partial charge in [-0.15, -0.1) is 9.36 Å². The summed E-state index contributed by atoms with van der Waals surface area (Å²) in [5.41, 5.74) is 0. The normalized spacial score (nSPS) is 9.42. The van der Waals surface area contributed by atoms with Crippen molar-refractivity contribution in [1.82, 2.24) is 9.78 Å². The number of hydrogen-bond acceptors (Lipinski definition) is 2. The Hall–Kier alpha value is -0.580. The van der Waals surface area contributed by atoms with E-state index in [9.17, 15) is 0 Å². The van der Waals surface area contributed by atoms with Crippen molar-refractivity contribution < 1.29 is 21.7 Å². The summed E-state index contributed by atoms with van der Waals surface area (Å²) in [6, 6.07) is 0. The maximum atomic E-state index is 5.42. The molecule has 1 rings (SSSR count). The summed E-state index contributed by atoms with van der Waals surface area (Å²) in [5.74, 6) is 5.42. The number of aromatic nitrogens is 3. The molecule has 0 atom stereocenters. The Morgan fingerprint density at radius 3 is 2.75 bits per heavy atom. The van der Waals surface area contributed by atoms with E-state index in [4.69, 9.17) is 5.84 Å². The Balaban J connectivity index is 0.00000121. The first-order chi connectivity index (χ1) is 5.33. The van der Waals surface area contributed by atoms with Crippen molar-refractivity contribution in [3.63, 3.8) is 0 Å². The molecule has 12 heavy (non-hydrogen) atoms. The van der Waals surface area contributed by atoms with Crippen LogP contribution < -0.4 is 27.5 Å². The maximum absolute atomic E-state index is 5.42. The highest BCUT2D eigenvalue weighted by Gasteiger charge is 2.00. The summed E-state index contributed by atoms with van der Waals surface area (Å²) in [5, 5.41) is 4.04.